The van der Waals surface area contributed by atoms with Crippen molar-refractivity contribution >= 4 is 17.7 Å². The molecule has 0 aliphatic heterocycles. The van der Waals surface area contributed by atoms with Gasteiger partial charge in [0, 0.05) is 21.1 Å². The Morgan fingerprint density at radius 2 is 1.84 bits per heavy atom. The van der Waals surface area contributed by atoms with Crippen LogP contribution in [0.4, 0.5) is 0 Å². The average molecular weight is 261 g/mol. The zero-order valence-corrected chi connectivity index (χ0v) is 12.3. The van der Waals surface area contributed by atoms with Crippen molar-refractivity contribution in [2.75, 3.05) is 21.1 Å². The number of carbonyl (C=O) groups excluding carboxylic acids is 1. The summed E-state index contributed by atoms with van der Waals surface area (Å²) < 4.78 is 0. The molecule has 0 bridgehead atoms. The molecule has 0 aliphatic carbocycles. The molecule has 1 rings (SSSR count). The quantitative estimate of drug-likeness (QED) is 0.503. The van der Waals surface area contributed by atoms with E-state index in [0.717, 1.165) is 17.5 Å². The first-order chi connectivity index (χ1) is 9.22. The number of carbonyl (C=O) groups is 1. The van der Waals surface area contributed by atoms with Crippen molar-refractivity contribution < 1.29 is 4.79 Å². The molecule has 0 spiro atoms. The zero-order valence-electron chi connectivity index (χ0n) is 12.3. The summed E-state index contributed by atoms with van der Waals surface area (Å²) in [5, 5.41) is 1.84. The van der Waals surface area contributed by atoms with Gasteiger partial charge in [0.05, 0.1) is 11.4 Å². The van der Waals surface area contributed by atoms with E-state index in [-0.39, 0.29) is 0 Å². The Hall–Kier alpha value is -1.94. The van der Waals surface area contributed by atoms with Crippen molar-refractivity contribution in [2.24, 2.45) is 4.99 Å². The topological polar surface area (TPSA) is 44.7 Å². The molecule has 0 aromatic heterocycles. The normalized spacial score (nSPS) is 11.4. The number of hydrogen-bond acceptors (Lipinski definition) is 4. The monoisotopic (exact) mass is 261 g/mol. The molecule has 0 radical (unpaired) electrons. The second-order valence-corrected chi connectivity index (χ2v) is 3.44. The fourth-order valence-corrected chi connectivity index (χ4v) is 1.39. The maximum atomic E-state index is 10.8. The van der Waals surface area contributed by atoms with Crippen LogP contribution < -0.4 is 5.43 Å². The minimum atomic E-state index is 0.408. The minimum Gasteiger partial charge on any atom is -0.311 e. The SMILES string of the molecule is CC.CN=C(C=O)/C=C(/c1ccccc1)N(C)NC. The van der Waals surface area contributed by atoms with E-state index in [1.165, 1.54) is 0 Å². The van der Waals surface area contributed by atoms with E-state index >= 15 is 0 Å². The molecule has 1 N–H and O–H groups in total. The molecule has 4 nitrogen and oxygen atoms in total. The maximum Gasteiger partial charge on any atom is 0.168 e. The van der Waals surface area contributed by atoms with Gasteiger partial charge in [-0.3, -0.25) is 9.79 Å². The lowest BCUT2D eigenvalue weighted by atomic mass is 10.1. The van der Waals surface area contributed by atoms with E-state index in [2.05, 4.69) is 10.4 Å². The average Bonchev–Trinajstić information content (AvgIpc) is 2.50. The van der Waals surface area contributed by atoms with Gasteiger partial charge in [0.15, 0.2) is 6.29 Å². The largest absolute Gasteiger partial charge is 0.311 e. The van der Waals surface area contributed by atoms with Gasteiger partial charge in [-0.15, -0.1) is 0 Å². The van der Waals surface area contributed by atoms with Gasteiger partial charge >= 0.3 is 0 Å². The van der Waals surface area contributed by atoms with E-state index in [1.807, 2.05) is 63.3 Å². The highest BCUT2D eigenvalue weighted by Gasteiger charge is 2.06. The first-order valence-corrected chi connectivity index (χ1v) is 6.33. The van der Waals surface area contributed by atoms with Crippen LogP contribution in [0.2, 0.25) is 0 Å². The minimum absolute atomic E-state index is 0.408. The molecule has 0 saturated heterocycles. The van der Waals surface area contributed by atoms with Crippen LogP contribution in [0, 0.1) is 0 Å². The van der Waals surface area contributed by atoms with Gasteiger partial charge in [-0.25, -0.2) is 5.43 Å². The number of hydrogen-bond donors (Lipinski definition) is 1. The maximum absolute atomic E-state index is 10.8. The van der Waals surface area contributed by atoms with Crippen LogP contribution in [0.3, 0.4) is 0 Å². The highest BCUT2D eigenvalue weighted by Crippen LogP contribution is 2.15. The van der Waals surface area contributed by atoms with Crippen molar-refractivity contribution in [2.45, 2.75) is 13.8 Å². The summed E-state index contributed by atoms with van der Waals surface area (Å²) in [5.41, 5.74) is 5.33. The Bertz CT molecular complexity index is 424. The molecule has 1 aromatic rings. The summed E-state index contributed by atoms with van der Waals surface area (Å²) in [7, 11) is 5.31. The molecule has 19 heavy (non-hydrogen) atoms. The third-order valence-corrected chi connectivity index (χ3v) is 2.43. The molecule has 0 saturated carbocycles. The van der Waals surface area contributed by atoms with E-state index in [9.17, 15) is 4.79 Å². The fraction of sp³-hybridized carbons (Fsp3) is 0.333. The molecule has 0 amide bonds. The Morgan fingerprint density at radius 3 is 2.26 bits per heavy atom. The van der Waals surface area contributed by atoms with E-state index in [4.69, 9.17) is 0 Å². The summed E-state index contributed by atoms with van der Waals surface area (Å²) >= 11 is 0. The Labute approximate surface area is 115 Å². The molecular formula is C15H23N3O. The Morgan fingerprint density at radius 1 is 1.26 bits per heavy atom. The third kappa shape index (κ3) is 5.48. The molecule has 0 heterocycles. The van der Waals surface area contributed by atoms with Crippen LogP contribution in [0.15, 0.2) is 41.4 Å². The smallest absolute Gasteiger partial charge is 0.168 e. The van der Waals surface area contributed by atoms with Crippen LogP contribution in [0.1, 0.15) is 19.4 Å². The van der Waals surface area contributed by atoms with Crippen molar-refractivity contribution in [1.29, 1.82) is 0 Å². The van der Waals surface area contributed by atoms with Gasteiger partial charge in [-0.1, -0.05) is 44.2 Å². The van der Waals surface area contributed by atoms with Gasteiger partial charge < -0.3 is 5.01 Å². The number of rotatable bonds is 5. The number of aldehydes is 1. The summed E-state index contributed by atoms with van der Waals surface area (Å²) in [4.78, 5) is 14.7. The number of hydrazine groups is 1. The Balaban J connectivity index is 0.00000154. The summed E-state index contributed by atoms with van der Waals surface area (Å²) in [6.07, 6.45) is 2.49. The van der Waals surface area contributed by atoms with E-state index in [1.54, 1.807) is 13.1 Å². The van der Waals surface area contributed by atoms with Crippen LogP contribution in [0.5, 0.6) is 0 Å². The first kappa shape index (κ1) is 17.1. The van der Waals surface area contributed by atoms with Gasteiger partial charge in [0.2, 0.25) is 0 Å². The summed E-state index contributed by atoms with van der Waals surface area (Å²) in [6.45, 7) is 4.00. The second-order valence-electron chi connectivity index (χ2n) is 3.44. The zero-order chi connectivity index (χ0) is 14.7. The number of benzene rings is 1. The lowest BCUT2D eigenvalue weighted by Crippen LogP contribution is -2.29. The first-order valence-electron chi connectivity index (χ1n) is 6.33. The van der Waals surface area contributed by atoms with Crippen LogP contribution in [-0.4, -0.2) is 38.1 Å². The standard InChI is InChI=1S/C13H17N3O.C2H6/c1-14-12(10-17)9-13(16(3)15-2)11-7-5-4-6-8-11;1-2/h4-10,15H,1-3H3;1-2H3/b13-9-,14-12?;. The number of nitrogens with zero attached hydrogens (tertiary/aromatic N) is 2. The van der Waals surface area contributed by atoms with Crippen LogP contribution in [0.25, 0.3) is 5.70 Å². The highest BCUT2D eigenvalue weighted by molar-refractivity contribution is 6.35. The predicted molar refractivity (Wildman–Crippen MR) is 82.0 cm³/mol. The van der Waals surface area contributed by atoms with Crippen LogP contribution >= 0.6 is 0 Å². The summed E-state index contributed by atoms with van der Waals surface area (Å²) in [6, 6.07) is 9.83. The fourth-order valence-electron chi connectivity index (χ4n) is 1.39. The molecule has 0 aliphatic rings. The molecule has 4 heteroatoms. The van der Waals surface area contributed by atoms with Gasteiger partial charge in [-0.05, 0) is 11.6 Å². The van der Waals surface area contributed by atoms with Crippen molar-refractivity contribution in [3.05, 3.63) is 42.0 Å². The van der Waals surface area contributed by atoms with E-state index in [0.29, 0.717) is 5.71 Å². The number of allylic oxidation sites excluding steroid dienone is 1. The van der Waals surface area contributed by atoms with Crippen molar-refractivity contribution in [3.63, 3.8) is 0 Å². The van der Waals surface area contributed by atoms with Crippen LogP contribution in [-0.2, 0) is 4.79 Å². The van der Waals surface area contributed by atoms with Crippen molar-refractivity contribution in [3.8, 4) is 0 Å². The van der Waals surface area contributed by atoms with Gasteiger partial charge in [0.1, 0.15) is 0 Å². The lowest BCUT2D eigenvalue weighted by Gasteiger charge is -2.21. The second kappa shape index (κ2) is 10.0. The molecule has 104 valence electrons. The molecule has 0 unspecified atom stereocenters. The number of nitrogens with one attached hydrogen (secondary N) is 1. The van der Waals surface area contributed by atoms with Gasteiger partial charge in [0.25, 0.3) is 0 Å². The highest BCUT2D eigenvalue weighted by atomic mass is 16.1. The van der Waals surface area contributed by atoms with Gasteiger partial charge in [-0.2, -0.15) is 0 Å². The molecule has 0 atom stereocenters. The van der Waals surface area contributed by atoms with E-state index < -0.39 is 0 Å². The predicted octanol–water partition coefficient (Wildman–Crippen LogP) is 2.39. The molecular weight excluding hydrogens is 238 g/mol. The lowest BCUT2D eigenvalue weighted by molar-refractivity contribution is -0.102. The number of aliphatic imine (C=N–C) groups is 1. The summed E-state index contributed by atoms with van der Waals surface area (Å²) in [5.74, 6) is 0. The van der Waals surface area contributed by atoms with Crippen molar-refractivity contribution in [1.82, 2.24) is 10.4 Å². The molecule has 1 aromatic carbocycles. The third-order valence-electron chi connectivity index (χ3n) is 2.43. The molecule has 0 fully saturated rings. The Kier molecular flexibility index (Phi) is 9.00.